The SMILES string of the molecule is CC(C)N(N=Nc1nn(Cc2cc(F)cc(F)c2)cc1C#N)C(C)C. The second-order valence-electron chi connectivity index (χ2n) is 6.21. The Hall–Kier alpha value is -2.82. The van der Waals surface area contributed by atoms with Crippen molar-refractivity contribution in [3.63, 3.8) is 0 Å². The molecule has 1 aromatic heterocycles. The molecule has 0 atom stereocenters. The Kier molecular flexibility index (Phi) is 5.80. The molecule has 0 spiro atoms. The molecule has 6 nitrogen and oxygen atoms in total. The molecule has 0 aliphatic heterocycles. The Bertz CT molecular complexity index is 776. The monoisotopic (exact) mass is 346 g/mol. The summed E-state index contributed by atoms with van der Waals surface area (Å²) in [6.07, 6.45) is 1.48. The zero-order valence-electron chi connectivity index (χ0n) is 14.6. The zero-order valence-corrected chi connectivity index (χ0v) is 14.6. The Morgan fingerprint density at radius 1 is 1.16 bits per heavy atom. The van der Waals surface area contributed by atoms with Gasteiger partial charge in [0.1, 0.15) is 23.3 Å². The van der Waals surface area contributed by atoms with E-state index in [1.807, 2.05) is 33.8 Å². The van der Waals surface area contributed by atoms with E-state index in [4.69, 9.17) is 0 Å². The van der Waals surface area contributed by atoms with Crippen molar-refractivity contribution in [1.82, 2.24) is 14.8 Å². The molecular weight excluding hydrogens is 326 g/mol. The summed E-state index contributed by atoms with van der Waals surface area (Å²) in [7, 11) is 0. The van der Waals surface area contributed by atoms with Crippen LogP contribution in [-0.4, -0.2) is 26.9 Å². The van der Waals surface area contributed by atoms with Gasteiger partial charge in [0.25, 0.3) is 0 Å². The van der Waals surface area contributed by atoms with Crippen molar-refractivity contribution in [2.75, 3.05) is 0 Å². The van der Waals surface area contributed by atoms with E-state index >= 15 is 0 Å². The van der Waals surface area contributed by atoms with Crippen LogP contribution in [0, 0.1) is 23.0 Å². The predicted molar refractivity (Wildman–Crippen MR) is 89.0 cm³/mol. The van der Waals surface area contributed by atoms with Crippen molar-refractivity contribution >= 4 is 5.82 Å². The van der Waals surface area contributed by atoms with Gasteiger partial charge in [-0.3, -0.25) is 9.69 Å². The molecule has 2 aromatic rings. The van der Waals surface area contributed by atoms with Crippen molar-refractivity contribution in [3.8, 4) is 6.07 Å². The molecule has 2 rings (SSSR count). The fraction of sp³-hybridized carbons (Fsp3) is 0.412. The maximum Gasteiger partial charge on any atom is 0.215 e. The van der Waals surface area contributed by atoms with Gasteiger partial charge in [0, 0.05) is 24.3 Å². The second-order valence-corrected chi connectivity index (χ2v) is 6.21. The van der Waals surface area contributed by atoms with E-state index in [2.05, 4.69) is 15.4 Å². The van der Waals surface area contributed by atoms with Crippen molar-refractivity contribution in [2.24, 2.45) is 10.3 Å². The van der Waals surface area contributed by atoms with Gasteiger partial charge in [-0.1, -0.05) is 5.22 Å². The molecule has 0 fully saturated rings. The van der Waals surface area contributed by atoms with Crippen LogP contribution < -0.4 is 0 Å². The summed E-state index contributed by atoms with van der Waals surface area (Å²) < 4.78 is 28.0. The molecular formula is C17H20F2N6. The number of benzene rings is 1. The first-order valence-corrected chi connectivity index (χ1v) is 7.92. The molecule has 0 saturated carbocycles. The average Bonchev–Trinajstić information content (AvgIpc) is 2.87. The molecule has 0 saturated heterocycles. The van der Waals surface area contributed by atoms with Crippen molar-refractivity contribution in [2.45, 2.75) is 46.3 Å². The van der Waals surface area contributed by atoms with Gasteiger partial charge < -0.3 is 0 Å². The fourth-order valence-corrected chi connectivity index (χ4v) is 2.43. The van der Waals surface area contributed by atoms with Crippen LogP contribution in [0.1, 0.15) is 38.8 Å². The average molecular weight is 346 g/mol. The minimum atomic E-state index is -0.660. The summed E-state index contributed by atoms with van der Waals surface area (Å²) in [5.74, 6) is -1.15. The van der Waals surface area contributed by atoms with Crippen LogP contribution in [0.25, 0.3) is 0 Å². The zero-order chi connectivity index (χ0) is 18.6. The van der Waals surface area contributed by atoms with Gasteiger partial charge in [-0.2, -0.15) is 5.26 Å². The lowest BCUT2D eigenvalue weighted by Gasteiger charge is -2.25. The number of aromatic nitrogens is 2. The van der Waals surface area contributed by atoms with E-state index in [0.29, 0.717) is 5.56 Å². The largest absolute Gasteiger partial charge is 0.273 e. The Morgan fingerprint density at radius 3 is 2.28 bits per heavy atom. The first-order chi connectivity index (χ1) is 11.8. The molecule has 1 heterocycles. The Labute approximate surface area is 145 Å². The maximum absolute atomic E-state index is 13.3. The summed E-state index contributed by atoms with van der Waals surface area (Å²) in [6.45, 7) is 8.07. The first-order valence-electron chi connectivity index (χ1n) is 7.92. The molecule has 0 amide bonds. The van der Waals surface area contributed by atoms with Crippen LogP contribution >= 0.6 is 0 Å². The Balaban J connectivity index is 2.25. The van der Waals surface area contributed by atoms with Crippen molar-refractivity contribution in [1.29, 1.82) is 5.26 Å². The molecule has 0 bridgehead atoms. The summed E-state index contributed by atoms with van der Waals surface area (Å²) in [4.78, 5) is 0. The standard InChI is InChI=1S/C17H20F2N6/c1-11(2)25(12(3)4)23-21-17-14(8-20)10-24(22-17)9-13-5-15(18)7-16(19)6-13/h5-7,10-12H,9H2,1-4H3. The summed E-state index contributed by atoms with van der Waals surface area (Å²) in [6, 6.07) is 5.54. The number of halogens is 2. The summed E-state index contributed by atoms with van der Waals surface area (Å²) >= 11 is 0. The third kappa shape index (κ3) is 4.83. The molecule has 0 aliphatic rings. The predicted octanol–water partition coefficient (Wildman–Crippen LogP) is 4.20. The lowest BCUT2D eigenvalue weighted by molar-refractivity contribution is 0.169. The number of hydrogen-bond acceptors (Lipinski definition) is 4. The highest BCUT2D eigenvalue weighted by atomic mass is 19.1. The summed E-state index contributed by atoms with van der Waals surface area (Å²) in [5.41, 5.74) is 0.645. The maximum atomic E-state index is 13.3. The van der Waals surface area contributed by atoms with Gasteiger partial charge in [-0.05, 0) is 45.4 Å². The normalized spacial score (nSPS) is 11.5. The lowest BCUT2D eigenvalue weighted by Crippen LogP contribution is -2.31. The highest BCUT2D eigenvalue weighted by Gasteiger charge is 2.13. The van der Waals surface area contributed by atoms with Gasteiger partial charge in [0.15, 0.2) is 0 Å². The van der Waals surface area contributed by atoms with E-state index in [1.54, 1.807) is 5.01 Å². The van der Waals surface area contributed by atoms with Crippen molar-refractivity contribution < 1.29 is 8.78 Å². The van der Waals surface area contributed by atoms with Crippen LogP contribution in [0.3, 0.4) is 0 Å². The molecule has 0 unspecified atom stereocenters. The quantitative estimate of drug-likeness (QED) is 0.581. The number of nitrogens with zero attached hydrogens (tertiary/aromatic N) is 6. The molecule has 0 N–H and O–H groups in total. The smallest absolute Gasteiger partial charge is 0.215 e. The van der Waals surface area contributed by atoms with E-state index < -0.39 is 11.6 Å². The van der Waals surface area contributed by atoms with E-state index in [1.165, 1.54) is 23.0 Å². The third-order valence-corrected chi connectivity index (χ3v) is 3.43. The van der Waals surface area contributed by atoms with Gasteiger partial charge in [0.05, 0.1) is 6.54 Å². The lowest BCUT2D eigenvalue weighted by atomic mass is 10.2. The topological polar surface area (TPSA) is 69.6 Å². The molecule has 1 aromatic carbocycles. The fourth-order valence-electron chi connectivity index (χ4n) is 2.43. The van der Waals surface area contributed by atoms with E-state index in [9.17, 15) is 14.0 Å². The third-order valence-electron chi connectivity index (χ3n) is 3.43. The van der Waals surface area contributed by atoms with Crippen LogP contribution in [0.2, 0.25) is 0 Å². The van der Waals surface area contributed by atoms with Crippen molar-refractivity contribution in [3.05, 3.63) is 47.2 Å². The van der Waals surface area contributed by atoms with E-state index in [-0.39, 0.29) is 30.0 Å². The molecule has 0 radical (unpaired) electrons. The number of rotatable bonds is 6. The molecule has 25 heavy (non-hydrogen) atoms. The highest BCUT2D eigenvalue weighted by Crippen LogP contribution is 2.19. The van der Waals surface area contributed by atoms with Gasteiger partial charge in [-0.15, -0.1) is 10.2 Å². The molecule has 0 aliphatic carbocycles. The summed E-state index contributed by atoms with van der Waals surface area (Å²) in [5, 5.41) is 23.4. The van der Waals surface area contributed by atoms with Crippen LogP contribution in [0.4, 0.5) is 14.6 Å². The minimum Gasteiger partial charge on any atom is -0.273 e. The minimum absolute atomic E-state index is 0.122. The molecule has 8 heteroatoms. The van der Waals surface area contributed by atoms with Crippen LogP contribution in [0.15, 0.2) is 34.7 Å². The second kappa shape index (κ2) is 7.83. The van der Waals surface area contributed by atoms with Gasteiger partial charge in [0.2, 0.25) is 5.82 Å². The van der Waals surface area contributed by atoms with Gasteiger partial charge >= 0.3 is 0 Å². The van der Waals surface area contributed by atoms with Gasteiger partial charge in [-0.25, -0.2) is 8.78 Å². The number of hydrogen-bond donors (Lipinski definition) is 0. The van der Waals surface area contributed by atoms with Crippen LogP contribution in [-0.2, 0) is 6.54 Å². The first kappa shape index (κ1) is 18.5. The number of nitriles is 1. The molecule has 132 valence electrons. The van der Waals surface area contributed by atoms with Crippen LogP contribution in [0.5, 0.6) is 0 Å². The Morgan fingerprint density at radius 2 is 1.76 bits per heavy atom. The highest BCUT2D eigenvalue weighted by molar-refractivity contribution is 5.45. The van der Waals surface area contributed by atoms with E-state index in [0.717, 1.165) is 6.07 Å².